The first-order valence-electron chi connectivity index (χ1n) is 11.8. The van der Waals surface area contributed by atoms with Gasteiger partial charge in [-0.1, -0.05) is 30.7 Å². The van der Waals surface area contributed by atoms with Crippen molar-refractivity contribution in [3.05, 3.63) is 65.2 Å². The molecule has 0 bridgehead atoms. The lowest BCUT2D eigenvalue weighted by Gasteiger charge is -2.41. The zero-order valence-electron chi connectivity index (χ0n) is 19.2. The molecule has 0 radical (unpaired) electrons. The quantitative estimate of drug-likeness (QED) is 0.556. The maximum atomic E-state index is 13.7. The number of ether oxygens (including phenoxy) is 1. The summed E-state index contributed by atoms with van der Waals surface area (Å²) < 4.78 is 47.4. The van der Waals surface area contributed by atoms with Gasteiger partial charge in [-0.2, -0.15) is 13.2 Å². The number of fused-ring (bicyclic) bond motifs is 2. The molecule has 1 saturated carbocycles. The zero-order chi connectivity index (χ0) is 24.3. The summed E-state index contributed by atoms with van der Waals surface area (Å²) in [5, 5.41) is 0. The Labute approximate surface area is 197 Å². The summed E-state index contributed by atoms with van der Waals surface area (Å²) in [7, 11) is 1.72. The van der Waals surface area contributed by atoms with E-state index in [1.54, 1.807) is 41.1 Å². The monoisotopic (exact) mass is 474 g/mol. The predicted molar refractivity (Wildman–Crippen MR) is 122 cm³/mol. The van der Waals surface area contributed by atoms with E-state index in [2.05, 4.69) is 0 Å². The summed E-state index contributed by atoms with van der Waals surface area (Å²) >= 11 is 0. The van der Waals surface area contributed by atoms with Crippen molar-refractivity contribution in [2.45, 2.75) is 56.8 Å². The lowest BCUT2D eigenvalue weighted by molar-refractivity contribution is -0.138. The van der Waals surface area contributed by atoms with E-state index < -0.39 is 23.8 Å². The molecule has 1 aliphatic carbocycles. The molecule has 0 spiro atoms. The van der Waals surface area contributed by atoms with Crippen LogP contribution >= 0.6 is 0 Å². The van der Waals surface area contributed by atoms with Crippen LogP contribution in [-0.4, -0.2) is 53.9 Å². The Morgan fingerprint density at radius 2 is 1.62 bits per heavy atom. The minimum absolute atomic E-state index is 0.129. The Kier molecular flexibility index (Phi) is 7.14. The van der Waals surface area contributed by atoms with E-state index >= 15 is 0 Å². The molecule has 182 valence electrons. The van der Waals surface area contributed by atoms with E-state index in [0.717, 1.165) is 18.9 Å². The van der Waals surface area contributed by atoms with Crippen LogP contribution in [-0.2, 0) is 6.18 Å². The first kappa shape index (κ1) is 24.1. The number of halogens is 3. The molecule has 0 N–H and O–H groups in total. The summed E-state index contributed by atoms with van der Waals surface area (Å²) in [6, 6.07) is 11.6. The number of nitrogens with zero attached hydrogens (tertiary/aromatic N) is 2. The van der Waals surface area contributed by atoms with E-state index in [1.165, 1.54) is 18.2 Å². The summed E-state index contributed by atoms with van der Waals surface area (Å²) in [6.45, 7) is 0.779. The second kappa shape index (κ2) is 10.1. The van der Waals surface area contributed by atoms with Gasteiger partial charge in [0, 0.05) is 20.1 Å². The van der Waals surface area contributed by atoms with Gasteiger partial charge in [0.2, 0.25) is 0 Å². The third-order valence-corrected chi connectivity index (χ3v) is 6.68. The van der Waals surface area contributed by atoms with Gasteiger partial charge >= 0.3 is 6.18 Å². The SMILES string of the molecule is CN1CCCCN(C(=O)c2ccccc2C(F)(F)F)[C@@H]2CCCC[C@@H]2Oc2ccccc2C1=O. The predicted octanol–water partition coefficient (Wildman–Crippen LogP) is 5.40. The molecule has 34 heavy (non-hydrogen) atoms. The van der Waals surface area contributed by atoms with Crippen LogP contribution in [0.5, 0.6) is 5.75 Å². The highest BCUT2D eigenvalue weighted by molar-refractivity contribution is 5.97. The maximum absolute atomic E-state index is 13.7. The maximum Gasteiger partial charge on any atom is 0.417 e. The van der Waals surface area contributed by atoms with E-state index in [0.29, 0.717) is 50.1 Å². The van der Waals surface area contributed by atoms with Gasteiger partial charge in [0.25, 0.3) is 11.8 Å². The molecular formula is C26H29F3N2O3. The fourth-order valence-corrected chi connectivity index (χ4v) is 4.91. The summed E-state index contributed by atoms with van der Waals surface area (Å²) in [5.74, 6) is -0.307. The summed E-state index contributed by atoms with van der Waals surface area (Å²) in [4.78, 5) is 29.8. The second-order valence-corrected chi connectivity index (χ2v) is 8.98. The van der Waals surface area contributed by atoms with E-state index in [4.69, 9.17) is 4.74 Å². The standard InChI is InChI=1S/C26H29F3N2O3/c1-30-16-8-9-17-31(25(33)18-10-2-4-12-20(18)26(27,28)29)21-13-5-7-15-23(21)34-22-14-6-3-11-19(22)24(30)32/h2-4,6,10-12,14,21,23H,5,7-9,13,15-17H2,1H3/t21-,23+/m1/s1. The average molecular weight is 475 g/mol. The summed E-state index contributed by atoms with van der Waals surface area (Å²) in [6.07, 6.45) is -0.779. The molecule has 5 nitrogen and oxygen atoms in total. The number of hydrogen-bond acceptors (Lipinski definition) is 3. The second-order valence-electron chi connectivity index (χ2n) is 8.98. The van der Waals surface area contributed by atoms with Crippen molar-refractivity contribution in [2.75, 3.05) is 20.1 Å². The van der Waals surface area contributed by atoms with Crippen molar-refractivity contribution in [3.8, 4) is 5.75 Å². The van der Waals surface area contributed by atoms with Crippen molar-refractivity contribution in [3.63, 3.8) is 0 Å². The van der Waals surface area contributed by atoms with Gasteiger partial charge in [0.05, 0.1) is 22.7 Å². The first-order valence-corrected chi connectivity index (χ1v) is 11.8. The topological polar surface area (TPSA) is 49.9 Å². The van der Waals surface area contributed by atoms with Crippen LogP contribution in [0.2, 0.25) is 0 Å². The molecular weight excluding hydrogens is 445 g/mol. The smallest absolute Gasteiger partial charge is 0.417 e. The minimum Gasteiger partial charge on any atom is -0.487 e. The number of amides is 2. The molecule has 2 aromatic carbocycles. The molecule has 2 aliphatic rings. The number of rotatable bonds is 1. The van der Waals surface area contributed by atoms with Crippen LogP contribution in [0.4, 0.5) is 13.2 Å². The fraction of sp³-hybridized carbons (Fsp3) is 0.462. The molecule has 2 atom stereocenters. The van der Waals surface area contributed by atoms with Gasteiger partial charge < -0.3 is 14.5 Å². The average Bonchev–Trinajstić information content (AvgIpc) is 2.83. The third-order valence-electron chi connectivity index (χ3n) is 6.68. The molecule has 1 fully saturated rings. The van der Waals surface area contributed by atoms with Gasteiger partial charge in [-0.25, -0.2) is 0 Å². The zero-order valence-corrected chi connectivity index (χ0v) is 19.2. The van der Waals surface area contributed by atoms with Crippen molar-refractivity contribution in [2.24, 2.45) is 0 Å². The number of hydrogen-bond donors (Lipinski definition) is 0. The highest BCUT2D eigenvalue weighted by Gasteiger charge is 2.40. The molecule has 0 aromatic heterocycles. The minimum atomic E-state index is -4.62. The normalized spacial score (nSPS) is 22.1. The highest BCUT2D eigenvalue weighted by Crippen LogP contribution is 2.35. The van der Waals surface area contributed by atoms with Crippen molar-refractivity contribution in [1.29, 1.82) is 0 Å². The van der Waals surface area contributed by atoms with Crippen molar-refractivity contribution in [1.82, 2.24) is 9.80 Å². The van der Waals surface area contributed by atoms with Crippen molar-refractivity contribution >= 4 is 11.8 Å². The van der Waals surface area contributed by atoms with Crippen LogP contribution in [0.3, 0.4) is 0 Å². The number of carbonyl (C=O) groups excluding carboxylic acids is 2. The Morgan fingerprint density at radius 1 is 0.941 bits per heavy atom. The Hall–Kier alpha value is -3.03. The fourth-order valence-electron chi connectivity index (χ4n) is 4.91. The molecule has 1 aliphatic heterocycles. The number of carbonyl (C=O) groups is 2. The van der Waals surface area contributed by atoms with E-state index in [9.17, 15) is 22.8 Å². The van der Waals surface area contributed by atoms with Gasteiger partial charge in [-0.3, -0.25) is 9.59 Å². The molecule has 8 heteroatoms. The van der Waals surface area contributed by atoms with Crippen LogP contribution in [0.1, 0.15) is 64.8 Å². The lowest BCUT2D eigenvalue weighted by atomic mass is 9.90. The van der Waals surface area contributed by atoms with E-state index in [1.807, 2.05) is 0 Å². The van der Waals surface area contributed by atoms with Gasteiger partial charge in [0.15, 0.2) is 0 Å². The van der Waals surface area contributed by atoms with E-state index in [-0.39, 0.29) is 17.5 Å². The number of benzene rings is 2. The number of para-hydroxylation sites is 1. The Bertz CT molecular complexity index is 1040. The van der Waals surface area contributed by atoms with Crippen LogP contribution in [0, 0.1) is 0 Å². The first-order chi connectivity index (χ1) is 16.3. The Balaban J connectivity index is 1.73. The molecule has 2 amide bonds. The molecule has 2 aromatic rings. The van der Waals surface area contributed by atoms with Gasteiger partial charge in [0.1, 0.15) is 11.9 Å². The molecule has 4 rings (SSSR count). The number of alkyl halides is 3. The summed E-state index contributed by atoms with van der Waals surface area (Å²) in [5.41, 5.74) is -0.802. The van der Waals surface area contributed by atoms with Crippen LogP contribution < -0.4 is 4.74 Å². The van der Waals surface area contributed by atoms with Crippen LogP contribution in [0.25, 0.3) is 0 Å². The highest BCUT2D eigenvalue weighted by atomic mass is 19.4. The van der Waals surface area contributed by atoms with Crippen molar-refractivity contribution < 1.29 is 27.5 Å². The van der Waals surface area contributed by atoms with Gasteiger partial charge in [-0.05, 0) is 56.4 Å². The molecule has 1 heterocycles. The lowest BCUT2D eigenvalue weighted by Crippen LogP contribution is -2.51. The largest absolute Gasteiger partial charge is 0.487 e. The third kappa shape index (κ3) is 5.05. The molecule has 0 saturated heterocycles. The molecule has 0 unspecified atom stereocenters. The Morgan fingerprint density at radius 3 is 2.41 bits per heavy atom. The van der Waals surface area contributed by atoms with Gasteiger partial charge in [-0.15, -0.1) is 0 Å². The van der Waals surface area contributed by atoms with Crippen LogP contribution in [0.15, 0.2) is 48.5 Å².